The number of aliphatic imine (C=N–C) groups is 1. The summed E-state index contributed by atoms with van der Waals surface area (Å²) in [6.07, 6.45) is 1.93. The van der Waals surface area contributed by atoms with Gasteiger partial charge in [-0.1, -0.05) is 11.6 Å². The lowest BCUT2D eigenvalue weighted by Crippen LogP contribution is -2.25. The molecule has 1 unspecified atom stereocenters. The van der Waals surface area contributed by atoms with Crippen molar-refractivity contribution in [3.8, 4) is 0 Å². The van der Waals surface area contributed by atoms with Crippen LogP contribution in [-0.2, 0) is 0 Å². The molecule has 0 aromatic carbocycles. The molecule has 2 aliphatic rings. The maximum Gasteiger partial charge on any atom is 0.129 e. The fourth-order valence-electron chi connectivity index (χ4n) is 1.61. The summed E-state index contributed by atoms with van der Waals surface area (Å²) in [5.74, 6) is 1.20. The Morgan fingerprint density at radius 1 is 1.67 bits per heavy atom. The molecule has 1 saturated heterocycles. The number of hydrogen-bond acceptors (Lipinski definition) is 3. The van der Waals surface area contributed by atoms with Crippen molar-refractivity contribution in [1.82, 2.24) is 9.80 Å². The number of rotatable bonds is 0. The van der Waals surface area contributed by atoms with Crippen LogP contribution in [0.5, 0.6) is 0 Å². The molecule has 0 aliphatic carbocycles. The molecule has 12 heavy (non-hydrogen) atoms. The van der Waals surface area contributed by atoms with Gasteiger partial charge < -0.3 is 9.80 Å². The van der Waals surface area contributed by atoms with Crippen LogP contribution >= 0.6 is 11.6 Å². The molecule has 0 amide bonds. The molecule has 0 radical (unpaired) electrons. The Morgan fingerprint density at radius 3 is 3.17 bits per heavy atom. The van der Waals surface area contributed by atoms with Crippen molar-refractivity contribution in [3.05, 3.63) is 11.9 Å². The Kier molecular flexibility index (Phi) is 1.76. The number of nitrogens with zero attached hydrogens (tertiary/aromatic N) is 3. The molecule has 66 valence electrons. The van der Waals surface area contributed by atoms with E-state index in [1.807, 2.05) is 6.08 Å². The van der Waals surface area contributed by atoms with Gasteiger partial charge in [-0.05, 0) is 6.92 Å². The normalized spacial score (nSPS) is 28.4. The Hall–Kier alpha value is -0.700. The van der Waals surface area contributed by atoms with Gasteiger partial charge >= 0.3 is 0 Å². The second kappa shape index (κ2) is 2.66. The van der Waals surface area contributed by atoms with Crippen molar-refractivity contribution in [3.63, 3.8) is 0 Å². The fourth-order valence-corrected chi connectivity index (χ4v) is 1.76. The van der Waals surface area contributed by atoms with E-state index >= 15 is 0 Å². The van der Waals surface area contributed by atoms with Gasteiger partial charge in [-0.3, -0.25) is 4.99 Å². The van der Waals surface area contributed by atoms with E-state index in [0.717, 1.165) is 6.54 Å². The maximum atomic E-state index is 5.82. The van der Waals surface area contributed by atoms with Crippen LogP contribution in [0.4, 0.5) is 0 Å². The van der Waals surface area contributed by atoms with Crippen LogP contribution in [0.25, 0.3) is 0 Å². The highest BCUT2D eigenvalue weighted by molar-refractivity contribution is 6.68. The summed E-state index contributed by atoms with van der Waals surface area (Å²) < 4.78 is 0. The lowest BCUT2D eigenvalue weighted by atomic mass is 10.3. The Morgan fingerprint density at radius 2 is 2.42 bits per heavy atom. The SMILES string of the molecule is CC1CN2CN=C(Cl)C=C2N1C. The quantitative estimate of drug-likeness (QED) is 0.563. The smallest absolute Gasteiger partial charge is 0.129 e. The van der Waals surface area contributed by atoms with Crippen molar-refractivity contribution in [2.45, 2.75) is 13.0 Å². The number of halogens is 1. The third kappa shape index (κ3) is 1.08. The minimum atomic E-state index is 0.564. The molecule has 1 atom stereocenters. The van der Waals surface area contributed by atoms with E-state index in [2.05, 4.69) is 28.8 Å². The summed E-state index contributed by atoms with van der Waals surface area (Å²) in [7, 11) is 2.09. The highest BCUT2D eigenvalue weighted by Crippen LogP contribution is 2.24. The zero-order chi connectivity index (χ0) is 8.72. The number of hydrogen-bond donors (Lipinski definition) is 0. The first-order chi connectivity index (χ1) is 5.68. The van der Waals surface area contributed by atoms with Crippen molar-refractivity contribution in [2.24, 2.45) is 4.99 Å². The zero-order valence-electron chi connectivity index (χ0n) is 7.29. The molecule has 0 N–H and O–H groups in total. The molecule has 1 fully saturated rings. The van der Waals surface area contributed by atoms with Gasteiger partial charge in [-0.2, -0.15) is 0 Å². The summed E-state index contributed by atoms with van der Waals surface area (Å²) >= 11 is 5.82. The number of fused-ring (bicyclic) bond motifs is 1. The predicted octanol–water partition coefficient (Wildman–Crippen LogP) is 1.07. The van der Waals surface area contributed by atoms with Gasteiger partial charge in [0.25, 0.3) is 0 Å². The lowest BCUT2D eigenvalue weighted by molar-refractivity contribution is 0.363. The monoisotopic (exact) mass is 185 g/mol. The predicted molar refractivity (Wildman–Crippen MR) is 50.2 cm³/mol. The third-order valence-corrected chi connectivity index (χ3v) is 2.70. The Balaban J connectivity index is 2.27. The summed E-state index contributed by atoms with van der Waals surface area (Å²) in [4.78, 5) is 8.61. The molecule has 0 bridgehead atoms. The van der Waals surface area contributed by atoms with Crippen molar-refractivity contribution in [2.75, 3.05) is 20.3 Å². The first-order valence-corrected chi connectivity index (χ1v) is 4.45. The van der Waals surface area contributed by atoms with E-state index < -0.39 is 0 Å². The van der Waals surface area contributed by atoms with Crippen LogP contribution in [0.1, 0.15) is 6.92 Å². The molecule has 2 rings (SSSR count). The van der Waals surface area contributed by atoms with Gasteiger partial charge in [0.05, 0.1) is 0 Å². The first-order valence-electron chi connectivity index (χ1n) is 4.08. The van der Waals surface area contributed by atoms with E-state index in [4.69, 9.17) is 11.6 Å². The molecule has 0 spiro atoms. The minimum Gasteiger partial charge on any atom is -0.357 e. The van der Waals surface area contributed by atoms with E-state index in [1.54, 1.807) is 0 Å². The van der Waals surface area contributed by atoms with Crippen LogP contribution in [0.3, 0.4) is 0 Å². The largest absolute Gasteiger partial charge is 0.357 e. The van der Waals surface area contributed by atoms with E-state index in [9.17, 15) is 0 Å². The van der Waals surface area contributed by atoms with E-state index in [-0.39, 0.29) is 0 Å². The summed E-state index contributed by atoms with van der Waals surface area (Å²) in [5, 5.41) is 0.613. The van der Waals surface area contributed by atoms with Crippen molar-refractivity contribution in [1.29, 1.82) is 0 Å². The number of allylic oxidation sites excluding steroid dienone is 1. The van der Waals surface area contributed by atoms with Crippen LogP contribution < -0.4 is 0 Å². The van der Waals surface area contributed by atoms with Gasteiger partial charge in [0, 0.05) is 25.7 Å². The number of likely N-dealkylation sites (N-methyl/N-ethyl adjacent to an activating group) is 1. The molecule has 0 aromatic heterocycles. The molecule has 2 heterocycles. The van der Waals surface area contributed by atoms with Gasteiger partial charge in [-0.25, -0.2) is 0 Å². The third-order valence-electron chi connectivity index (χ3n) is 2.47. The molecular formula is C8H12ClN3. The zero-order valence-corrected chi connectivity index (χ0v) is 8.04. The van der Waals surface area contributed by atoms with E-state index in [0.29, 0.717) is 17.9 Å². The van der Waals surface area contributed by atoms with Crippen LogP contribution in [0.2, 0.25) is 0 Å². The second-order valence-corrected chi connectivity index (χ2v) is 3.69. The molecule has 0 aromatic rings. The average Bonchev–Trinajstić information content (AvgIpc) is 2.31. The van der Waals surface area contributed by atoms with Crippen molar-refractivity contribution >= 4 is 16.8 Å². The summed E-state index contributed by atoms with van der Waals surface area (Å²) in [6, 6.07) is 0.564. The fraction of sp³-hybridized carbons (Fsp3) is 0.625. The maximum absolute atomic E-state index is 5.82. The van der Waals surface area contributed by atoms with Gasteiger partial charge in [0.15, 0.2) is 0 Å². The van der Waals surface area contributed by atoms with Gasteiger partial charge in [-0.15, -0.1) is 0 Å². The topological polar surface area (TPSA) is 18.8 Å². The lowest BCUT2D eigenvalue weighted by Gasteiger charge is -2.23. The van der Waals surface area contributed by atoms with Crippen LogP contribution in [0.15, 0.2) is 16.9 Å². The van der Waals surface area contributed by atoms with Crippen molar-refractivity contribution < 1.29 is 0 Å². The van der Waals surface area contributed by atoms with Gasteiger partial charge in [0.1, 0.15) is 17.7 Å². The minimum absolute atomic E-state index is 0.564. The summed E-state index contributed by atoms with van der Waals surface area (Å²) in [5.41, 5.74) is 0. The summed E-state index contributed by atoms with van der Waals surface area (Å²) in [6.45, 7) is 3.96. The van der Waals surface area contributed by atoms with Gasteiger partial charge in [0.2, 0.25) is 0 Å². The second-order valence-electron chi connectivity index (χ2n) is 3.31. The van der Waals surface area contributed by atoms with Crippen LogP contribution in [-0.4, -0.2) is 41.3 Å². The highest BCUT2D eigenvalue weighted by Gasteiger charge is 2.29. The average molecular weight is 186 g/mol. The molecule has 0 saturated carbocycles. The Bertz CT molecular complexity index is 255. The molecule has 2 aliphatic heterocycles. The van der Waals surface area contributed by atoms with E-state index in [1.165, 1.54) is 5.82 Å². The Labute approximate surface area is 77.3 Å². The molecule has 3 nitrogen and oxygen atoms in total. The van der Waals surface area contributed by atoms with Crippen LogP contribution in [0, 0.1) is 0 Å². The molecule has 4 heteroatoms. The highest BCUT2D eigenvalue weighted by atomic mass is 35.5. The molecular weight excluding hydrogens is 174 g/mol. The standard InChI is InChI=1S/C8H12ClN3/c1-6-4-12-5-10-7(9)3-8(12)11(6)2/h3,6H,4-5H2,1-2H3. The first kappa shape index (κ1) is 7.92.